The summed E-state index contributed by atoms with van der Waals surface area (Å²) >= 11 is 0. The molecule has 0 spiro atoms. The first-order valence-corrected chi connectivity index (χ1v) is 8.88. The lowest BCUT2D eigenvalue weighted by Gasteiger charge is -2.31. The van der Waals surface area contributed by atoms with Gasteiger partial charge in [0.05, 0.1) is 11.9 Å². The number of benzene rings is 2. The van der Waals surface area contributed by atoms with E-state index in [2.05, 4.69) is 76.7 Å². The van der Waals surface area contributed by atoms with Crippen molar-refractivity contribution < 1.29 is 0 Å². The van der Waals surface area contributed by atoms with Crippen LogP contribution in [0.1, 0.15) is 5.56 Å². The Labute approximate surface area is 149 Å². The molecule has 0 atom stereocenters. The summed E-state index contributed by atoms with van der Waals surface area (Å²) in [5.41, 5.74) is 4.85. The van der Waals surface area contributed by atoms with Gasteiger partial charge in [0, 0.05) is 44.5 Å². The van der Waals surface area contributed by atoms with Gasteiger partial charge in [0.2, 0.25) is 0 Å². The predicted octanol–water partition coefficient (Wildman–Crippen LogP) is 3.29. The van der Waals surface area contributed by atoms with Crippen molar-refractivity contribution >= 4 is 0 Å². The lowest BCUT2D eigenvalue weighted by molar-refractivity contribution is 0.148. The van der Waals surface area contributed by atoms with Gasteiger partial charge in [0.25, 0.3) is 0 Å². The van der Waals surface area contributed by atoms with Gasteiger partial charge in [-0.3, -0.25) is 4.90 Å². The topological polar surface area (TPSA) is 24.3 Å². The second kappa shape index (κ2) is 7.21. The fourth-order valence-electron chi connectivity index (χ4n) is 3.28. The molecule has 0 N–H and O–H groups in total. The minimum Gasteiger partial charge on any atom is -0.304 e. The van der Waals surface area contributed by atoms with E-state index < -0.39 is 0 Å². The van der Waals surface area contributed by atoms with Crippen LogP contribution in [0.3, 0.4) is 0 Å². The molecule has 128 valence electrons. The smallest absolute Gasteiger partial charge is 0.0646 e. The molecule has 2 aromatic carbocycles. The van der Waals surface area contributed by atoms with Crippen LogP contribution in [-0.4, -0.2) is 52.8 Å². The van der Waals surface area contributed by atoms with Crippen LogP contribution >= 0.6 is 0 Å². The van der Waals surface area contributed by atoms with Crippen LogP contribution in [0.2, 0.25) is 0 Å². The molecule has 2 heterocycles. The van der Waals surface area contributed by atoms with E-state index in [4.69, 9.17) is 0 Å². The molecule has 1 fully saturated rings. The van der Waals surface area contributed by atoms with Crippen LogP contribution in [0.15, 0.2) is 67.0 Å². The van der Waals surface area contributed by atoms with Gasteiger partial charge in [-0.15, -0.1) is 0 Å². The summed E-state index contributed by atoms with van der Waals surface area (Å²) in [5.74, 6) is 0. The fourth-order valence-corrected chi connectivity index (χ4v) is 3.28. The molecule has 4 rings (SSSR count). The molecule has 0 unspecified atom stereocenters. The van der Waals surface area contributed by atoms with Crippen molar-refractivity contribution in [3.05, 3.63) is 72.6 Å². The van der Waals surface area contributed by atoms with Gasteiger partial charge in [-0.1, -0.05) is 42.5 Å². The van der Waals surface area contributed by atoms with Gasteiger partial charge in [-0.25, -0.2) is 4.68 Å². The Morgan fingerprint density at radius 2 is 1.52 bits per heavy atom. The lowest BCUT2D eigenvalue weighted by Crippen LogP contribution is -2.43. The molecular formula is C21H24N4. The van der Waals surface area contributed by atoms with Gasteiger partial charge in [0.1, 0.15) is 0 Å². The van der Waals surface area contributed by atoms with Crippen molar-refractivity contribution in [2.75, 3.05) is 33.2 Å². The first kappa shape index (κ1) is 16.1. The number of nitrogens with zero attached hydrogens (tertiary/aromatic N) is 4. The molecule has 25 heavy (non-hydrogen) atoms. The normalized spacial score (nSPS) is 16.2. The predicted molar refractivity (Wildman–Crippen MR) is 102 cm³/mol. The second-order valence-electron chi connectivity index (χ2n) is 6.79. The van der Waals surface area contributed by atoms with E-state index >= 15 is 0 Å². The highest BCUT2D eigenvalue weighted by Gasteiger charge is 2.14. The van der Waals surface area contributed by atoms with E-state index in [0.717, 1.165) is 38.4 Å². The van der Waals surface area contributed by atoms with Gasteiger partial charge < -0.3 is 4.90 Å². The summed E-state index contributed by atoms with van der Waals surface area (Å²) in [5, 5.41) is 4.55. The molecule has 0 bridgehead atoms. The zero-order valence-electron chi connectivity index (χ0n) is 14.7. The van der Waals surface area contributed by atoms with Gasteiger partial charge in [0.15, 0.2) is 0 Å². The lowest BCUT2D eigenvalue weighted by atomic mass is 10.1. The van der Waals surface area contributed by atoms with Gasteiger partial charge >= 0.3 is 0 Å². The molecule has 0 amide bonds. The standard InChI is InChI=1S/C21H24N4/c1-23-11-13-24(14-12-23)16-18-15-22-25(17-18)21-9-7-20(8-10-21)19-5-3-2-4-6-19/h2-10,15,17H,11-14,16H2,1H3. The molecule has 1 aliphatic rings. The first-order chi connectivity index (χ1) is 12.3. The van der Waals surface area contributed by atoms with Crippen LogP contribution in [0.25, 0.3) is 16.8 Å². The van der Waals surface area contributed by atoms with Crippen molar-refractivity contribution in [3.63, 3.8) is 0 Å². The van der Waals surface area contributed by atoms with Crippen LogP contribution in [0, 0.1) is 0 Å². The molecule has 0 radical (unpaired) electrons. The zero-order chi connectivity index (χ0) is 17.1. The minimum atomic E-state index is 0.982. The highest BCUT2D eigenvalue weighted by molar-refractivity contribution is 5.64. The van der Waals surface area contributed by atoms with E-state index in [1.54, 1.807) is 0 Å². The third kappa shape index (κ3) is 3.81. The first-order valence-electron chi connectivity index (χ1n) is 8.88. The molecule has 1 aromatic heterocycles. The SMILES string of the molecule is CN1CCN(Cc2cnn(-c3ccc(-c4ccccc4)cc3)c2)CC1. The highest BCUT2D eigenvalue weighted by atomic mass is 15.3. The molecule has 0 saturated carbocycles. The van der Waals surface area contributed by atoms with Gasteiger partial charge in [-0.2, -0.15) is 5.10 Å². The van der Waals surface area contributed by atoms with Crippen molar-refractivity contribution in [1.29, 1.82) is 0 Å². The zero-order valence-corrected chi connectivity index (χ0v) is 14.7. The number of likely N-dealkylation sites (N-methyl/N-ethyl adjacent to an activating group) is 1. The summed E-state index contributed by atoms with van der Waals surface area (Å²) < 4.78 is 1.97. The maximum absolute atomic E-state index is 4.55. The Balaban J connectivity index is 1.45. The molecular weight excluding hydrogens is 308 g/mol. The monoisotopic (exact) mass is 332 g/mol. The minimum absolute atomic E-state index is 0.982. The molecule has 4 nitrogen and oxygen atoms in total. The Kier molecular flexibility index (Phi) is 4.63. The summed E-state index contributed by atoms with van der Waals surface area (Å²) in [6, 6.07) is 19.0. The Hall–Kier alpha value is -2.43. The molecule has 3 aromatic rings. The maximum Gasteiger partial charge on any atom is 0.0646 e. The average molecular weight is 332 g/mol. The molecule has 1 saturated heterocycles. The number of rotatable bonds is 4. The summed E-state index contributed by atoms with van der Waals surface area (Å²) in [4.78, 5) is 4.88. The van der Waals surface area contributed by atoms with E-state index in [-0.39, 0.29) is 0 Å². The maximum atomic E-state index is 4.55. The molecule has 1 aliphatic heterocycles. The number of aromatic nitrogens is 2. The van der Waals surface area contributed by atoms with E-state index in [0.29, 0.717) is 0 Å². The Bertz CT molecular complexity index is 799. The fraction of sp³-hybridized carbons (Fsp3) is 0.286. The number of piperazine rings is 1. The Morgan fingerprint density at radius 1 is 0.840 bits per heavy atom. The second-order valence-corrected chi connectivity index (χ2v) is 6.79. The van der Waals surface area contributed by atoms with Crippen LogP contribution in [0.4, 0.5) is 0 Å². The van der Waals surface area contributed by atoms with Crippen molar-refractivity contribution in [2.24, 2.45) is 0 Å². The average Bonchev–Trinajstić information content (AvgIpc) is 3.13. The van der Waals surface area contributed by atoms with Gasteiger partial charge in [-0.05, 0) is 30.3 Å². The third-order valence-electron chi connectivity index (χ3n) is 4.88. The van der Waals surface area contributed by atoms with Crippen LogP contribution < -0.4 is 0 Å². The van der Waals surface area contributed by atoms with Crippen molar-refractivity contribution in [1.82, 2.24) is 19.6 Å². The summed E-state index contributed by atoms with van der Waals surface area (Å²) in [6.07, 6.45) is 4.14. The van der Waals surface area contributed by atoms with Crippen molar-refractivity contribution in [2.45, 2.75) is 6.54 Å². The van der Waals surface area contributed by atoms with E-state index in [1.807, 2.05) is 16.9 Å². The van der Waals surface area contributed by atoms with Crippen LogP contribution in [-0.2, 0) is 6.54 Å². The van der Waals surface area contributed by atoms with Crippen molar-refractivity contribution in [3.8, 4) is 16.8 Å². The quantitative estimate of drug-likeness (QED) is 0.733. The summed E-state index contributed by atoms with van der Waals surface area (Å²) in [7, 11) is 2.19. The Morgan fingerprint density at radius 3 is 2.24 bits per heavy atom. The molecule has 0 aliphatic carbocycles. The number of hydrogen-bond donors (Lipinski definition) is 0. The third-order valence-corrected chi connectivity index (χ3v) is 4.88. The van der Waals surface area contributed by atoms with E-state index in [9.17, 15) is 0 Å². The largest absolute Gasteiger partial charge is 0.304 e. The van der Waals surface area contributed by atoms with Crippen LogP contribution in [0.5, 0.6) is 0 Å². The highest BCUT2D eigenvalue weighted by Crippen LogP contribution is 2.20. The summed E-state index contributed by atoms with van der Waals surface area (Å²) in [6.45, 7) is 5.54. The number of hydrogen-bond acceptors (Lipinski definition) is 3. The van der Waals surface area contributed by atoms with E-state index in [1.165, 1.54) is 16.7 Å². The molecule has 4 heteroatoms.